The molecule has 224 valence electrons. The number of ether oxygens (including phenoxy) is 1. The van der Waals surface area contributed by atoms with Crippen molar-refractivity contribution in [3.63, 3.8) is 0 Å². The number of allylic oxidation sites excluding steroid dienone is 2. The summed E-state index contributed by atoms with van der Waals surface area (Å²) in [6.45, 7) is 10.6. The monoisotopic (exact) mass is 616 g/mol. The smallest absolute Gasteiger partial charge is 0.277 e. The van der Waals surface area contributed by atoms with E-state index in [1.54, 1.807) is 32.1 Å². The van der Waals surface area contributed by atoms with Crippen molar-refractivity contribution in [3.05, 3.63) is 109 Å². The highest BCUT2D eigenvalue weighted by molar-refractivity contribution is 6.32. The first-order valence-electron chi connectivity index (χ1n) is 12.8. The van der Waals surface area contributed by atoms with Crippen LogP contribution in [-0.2, 0) is 12.2 Å². The Balaban J connectivity index is 0.00000165. The third-order valence-electron chi connectivity index (χ3n) is 5.17. The van der Waals surface area contributed by atoms with Crippen LogP contribution in [0.15, 0.2) is 69.6 Å². The average Bonchev–Trinajstić information content (AvgIpc) is 2.93. The summed E-state index contributed by atoms with van der Waals surface area (Å²) in [6.07, 6.45) is 17.9. The Kier molecular flexibility index (Phi) is 14.7. The van der Waals surface area contributed by atoms with Gasteiger partial charge in [0.25, 0.3) is 11.1 Å². The standard InChI is InChI=1S/C26H25Cl2FN4O4.C3H8.C2H2/c1-5-9-30-22(33-10-6-7-18(24(33)34)26(3,4)36)8-11-32-16(2)12-21(23(28)25(32)35)37-15-20-19(27)13-17(29)14-31-20;1-3-2;1-2/h5-14,36H,15H2,1-4H3;3H2,1-2H3;1-2H/b9-5+,11-8+,30-22-;;. The number of aliphatic imine (C=N–C) groups is 1. The van der Waals surface area contributed by atoms with Crippen LogP contribution in [0.25, 0.3) is 6.20 Å². The number of rotatable bonds is 7. The van der Waals surface area contributed by atoms with E-state index < -0.39 is 22.5 Å². The Bertz CT molecular complexity index is 1580. The highest BCUT2D eigenvalue weighted by Crippen LogP contribution is 2.24. The number of halogens is 3. The van der Waals surface area contributed by atoms with Crippen LogP contribution in [0.3, 0.4) is 0 Å². The lowest BCUT2D eigenvalue weighted by Crippen LogP contribution is -2.34. The molecular weight excluding hydrogens is 582 g/mol. The Morgan fingerprint density at radius 2 is 1.86 bits per heavy atom. The fourth-order valence-electron chi connectivity index (χ4n) is 3.30. The number of aryl methyl sites for hydroxylation is 1. The van der Waals surface area contributed by atoms with Gasteiger partial charge in [-0.05, 0) is 52.0 Å². The third-order valence-corrected chi connectivity index (χ3v) is 5.85. The quantitative estimate of drug-likeness (QED) is 0.184. The van der Waals surface area contributed by atoms with Gasteiger partial charge in [-0.25, -0.2) is 9.38 Å². The van der Waals surface area contributed by atoms with Gasteiger partial charge in [0.1, 0.15) is 29.0 Å². The van der Waals surface area contributed by atoms with E-state index in [1.165, 1.54) is 60.1 Å². The van der Waals surface area contributed by atoms with Crippen molar-refractivity contribution in [1.82, 2.24) is 14.1 Å². The second-order valence-corrected chi connectivity index (χ2v) is 9.94. The molecule has 0 radical (unpaired) electrons. The molecule has 0 aliphatic carbocycles. The van der Waals surface area contributed by atoms with Crippen LogP contribution in [0.4, 0.5) is 4.39 Å². The predicted molar refractivity (Wildman–Crippen MR) is 169 cm³/mol. The lowest BCUT2D eigenvalue weighted by molar-refractivity contribution is 0.0768. The molecule has 3 heterocycles. The number of hydrogen-bond acceptors (Lipinski definition) is 6. The van der Waals surface area contributed by atoms with Gasteiger partial charge >= 0.3 is 0 Å². The molecular formula is C31H35Cl2FN4O4. The molecule has 11 heteroatoms. The number of hydrogen-bond donors (Lipinski definition) is 1. The molecule has 0 saturated carbocycles. The summed E-state index contributed by atoms with van der Waals surface area (Å²) in [7, 11) is 0. The molecule has 0 spiro atoms. The number of nitrogens with zero attached hydrogens (tertiary/aromatic N) is 4. The third kappa shape index (κ3) is 9.84. The number of aromatic nitrogens is 3. The summed E-state index contributed by atoms with van der Waals surface area (Å²) in [5, 5.41) is 10.2. The molecule has 3 rings (SSSR count). The van der Waals surface area contributed by atoms with Crippen molar-refractivity contribution in [2.75, 3.05) is 0 Å². The molecule has 3 aromatic heterocycles. The van der Waals surface area contributed by atoms with Gasteiger partial charge in [0.2, 0.25) is 0 Å². The second kappa shape index (κ2) is 17.1. The zero-order valence-corrected chi connectivity index (χ0v) is 25.9. The summed E-state index contributed by atoms with van der Waals surface area (Å²) >= 11 is 12.3. The second-order valence-electron chi connectivity index (χ2n) is 9.16. The SMILES string of the molecule is C#C.C/C=C/N=C(/C=C/n1c(C)cc(OCc2ncc(F)cc2Cl)c(Cl)c1=O)n1cccc(C(C)(C)O)c1=O.CCC. The molecule has 3 aromatic rings. The van der Waals surface area contributed by atoms with Gasteiger partial charge in [-0.15, -0.1) is 12.8 Å². The van der Waals surface area contributed by atoms with E-state index in [-0.39, 0.29) is 39.5 Å². The van der Waals surface area contributed by atoms with E-state index in [2.05, 4.69) is 36.7 Å². The first-order chi connectivity index (χ1) is 19.8. The first kappa shape index (κ1) is 36.1. The zero-order valence-electron chi connectivity index (χ0n) is 24.4. The first-order valence-corrected chi connectivity index (χ1v) is 13.6. The Labute approximate surface area is 255 Å². The van der Waals surface area contributed by atoms with Gasteiger partial charge in [-0.1, -0.05) is 49.5 Å². The molecule has 0 saturated heterocycles. The molecule has 42 heavy (non-hydrogen) atoms. The lowest BCUT2D eigenvalue weighted by Gasteiger charge is -2.18. The molecule has 0 aliphatic heterocycles. The highest BCUT2D eigenvalue weighted by Gasteiger charge is 2.21. The molecule has 0 aliphatic rings. The maximum atomic E-state index is 13.2. The number of pyridine rings is 3. The normalized spacial score (nSPS) is 11.6. The van der Waals surface area contributed by atoms with Crippen LogP contribution in [0.5, 0.6) is 5.75 Å². The van der Waals surface area contributed by atoms with E-state index in [0.717, 1.165) is 12.3 Å². The van der Waals surface area contributed by atoms with Gasteiger partial charge in [0.15, 0.2) is 0 Å². The van der Waals surface area contributed by atoms with Crippen molar-refractivity contribution in [3.8, 4) is 18.6 Å². The Morgan fingerprint density at radius 3 is 2.43 bits per heavy atom. The minimum atomic E-state index is -1.36. The van der Waals surface area contributed by atoms with Gasteiger partial charge in [0.05, 0.1) is 22.5 Å². The van der Waals surface area contributed by atoms with E-state index in [1.807, 2.05) is 0 Å². The van der Waals surface area contributed by atoms with Gasteiger partial charge in [-0.2, -0.15) is 0 Å². The van der Waals surface area contributed by atoms with Crippen molar-refractivity contribution in [2.45, 2.75) is 60.2 Å². The maximum Gasteiger partial charge on any atom is 0.277 e. The minimum absolute atomic E-state index is 0.0842. The molecule has 0 atom stereocenters. The molecule has 8 nitrogen and oxygen atoms in total. The van der Waals surface area contributed by atoms with Gasteiger partial charge < -0.3 is 9.84 Å². The molecule has 0 aromatic carbocycles. The number of terminal acetylenes is 1. The zero-order chi connectivity index (χ0) is 32.0. The average molecular weight is 618 g/mol. The Hall–Kier alpha value is -3.97. The number of aliphatic hydroxyl groups is 1. The van der Waals surface area contributed by atoms with E-state index in [4.69, 9.17) is 27.9 Å². The van der Waals surface area contributed by atoms with Gasteiger partial charge in [-0.3, -0.25) is 23.7 Å². The van der Waals surface area contributed by atoms with Crippen LogP contribution in [-0.4, -0.2) is 25.1 Å². The van der Waals surface area contributed by atoms with Crippen LogP contribution < -0.4 is 15.9 Å². The van der Waals surface area contributed by atoms with Crippen LogP contribution in [0.2, 0.25) is 10.0 Å². The lowest BCUT2D eigenvalue weighted by atomic mass is 10.0. The molecule has 1 N–H and O–H groups in total. The minimum Gasteiger partial charge on any atom is -0.485 e. The van der Waals surface area contributed by atoms with Crippen molar-refractivity contribution >= 4 is 35.2 Å². The van der Waals surface area contributed by atoms with Gasteiger partial charge in [0, 0.05) is 35.9 Å². The topological polar surface area (TPSA) is 98.7 Å². The van der Waals surface area contributed by atoms with Crippen molar-refractivity contribution in [1.29, 1.82) is 0 Å². The van der Waals surface area contributed by atoms with Crippen molar-refractivity contribution < 1.29 is 14.2 Å². The summed E-state index contributed by atoms with van der Waals surface area (Å²) in [4.78, 5) is 34.2. The highest BCUT2D eigenvalue weighted by atomic mass is 35.5. The molecule has 0 fully saturated rings. The van der Waals surface area contributed by atoms with E-state index in [0.29, 0.717) is 5.69 Å². The summed E-state index contributed by atoms with van der Waals surface area (Å²) in [5.41, 5.74) is -1.45. The molecule has 0 unspecified atom stereocenters. The maximum absolute atomic E-state index is 13.2. The van der Waals surface area contributed by atoms with Crippen molar-refractivity contribution in [2.24, 2.45) is 4.99 Å². The van der Waals surface area contributed by atoms with Crippen LogP contribution in [0.1, 0.15) is 58.0 Å². The summed E-state index contributed by atoms with van der Waals surface area (Å²) < 4.78 is 21.4. The fourth-order valence-corrected chi connectivity index (χ4v) is 3.70. The van der Waals surface area contributed by atoms with Crippen LogP contribution in [0, 0.1) is 25.6 Å². The summed E-state index contributed by atoms with van der Waals surface area (Å²) in [5.74, 6) is -0.273. The van der Waals surface area contributed by atoms with E-state index >= 15 is 0 Å². The van der Waals surface area contributed by atoms with E-state index in [9.17, 15) is 19.1 Å². The summed E-state index contributed by atoms with van der Waals surface area (Å²) in [6, 6.07) is 5.82. The molecule has 0 amide bonds. The van der Waals surface area contributed by atoms with Crippen LogP contribution >= 0.6 is 23.2 Å². The predicted octanol–water partition coefficient (Wildman–Crippen LogP) is 6.58. The molecule has 0 bridgehead atoms. The Morgan fingerprint density at radius 1 is 1.21 bits per heavy atom. The fraction of sp³-hybridized carbons (Fsp3) is 0.290. The largest absolute Gasteiger partial charge is 0.485 e.